The predicted octanol–water partition coefficient (Wildman–Crippen LogP) is 3.07. The number of para-hydroxylation sites is 2. The van der Waals surface area contributed by atoms with E-state index < -0.39 is 0 Å². The molecule has 0 unspecified atom stereocenters. The van der Waals surface area contributed by atoms with Crippen LogP contribution < -0.4 is 15.5 Å². The van der Waals surface area contributed by atoms with Gasteiger partial charge in [-0.3, -0.25) is 19.3 Å². The lowest BCUT2D eigenvalue weighted by Gasteiger charge is -2.29. The van der Waals surface area contributed by atoms with Crippen molar-refractivity contribution >= 4 is 34.8 Å². The van der Waals surface area contributed by atoms with Gasteiger partial charge in [-0.2, -0.15) is 0 Å². The molecule has 0 radical (unpaired) electrons. The number of aromatic nitrogens is 1. The third-order valence-corrected chi connectivity index (χ3v) is 4.95. The molecule has 0 spiro atoms. The van der Waals surface area contributed by atoms with Crippen LogP contribution in [0, 0.1) is 13.8 Å². The summed E-state index contributed by atoms with van der Waals surface area (Å²) in [7, 11) is 0. The Morgan fingerprint density at radius 1 is 1.13 bits per heavy atom. The fraction of sp³-hybridized carbons (Fsp3) is 0.182. The molecule has 4 rings (SSSR count). The molecule has 0 saturated heterocycles. The molecule has 1 aliphatic heterocycles. The number of benzene rings is 2. The molecule has 0 bridgehead atoms. The number of nitrogens with zero attached hydrogens (tertiary/aromatic N) is 2. The van der Waals surface area contributed by atoms with Crippen molar-refractivity contribution in [3.8, 4) is 0 Å². The summed E-state index contributed by atoms with van der Waals surface area (Å²) in [6.45, 7) is 3.51. The lowest BCUT2D eigenvalue weighted by atomic mass is 10.1. The first-order valence-corrected chi connectivity index (χ1v) is 9.45. The van der Waals surface area contributed by atoms with Gasteiger partial charge in [-0.25, -0.2) is 0 Å². The van der Waals surface area contributed by atoms with E-state index in [1.54, 1.807) is 56.3 Å². The summed E-state index contributed by atoms with van der Waals surface area (Å²) in [6.07, 6.45) is 0.154. The summed E-state index contributed by atoms with van der Waals surface area (Å²) >= 11 is 0. The van der Waals surface area contributed by atoms with Crippen LogP contribution in [-0.4, -0.2) is 29.4 Å². The van der Waals surface area contributed by atoms with Crippen LogP contribution >= 0.6 is 0 Å². The molecule has 152 valence electrons. The van der Waals surface area contributed by atoms with Gasteiger partial charge in [-0.1, -0.05) is 17.3 Å². The molecule has 3 amide bonds. The van der Waals surface area contributed by atoms with Gasteiger partial charge in [0.15, 0.2) is 0 Å². The minimum atomic E-state index is -0.286. The number of nitrogens with one attached hydrogen (secondary N) is 2. The highest BCUT2D eigenvalue weighted by molar-refractivity contribution is 6.15. The molecule has 3 aromatic rings. The number of carbonyl (C=O) groups excluding carboxylic acids is 3. The van der Waals surface area contributed by atoms with Crippen molar-refractivity contribution in [2.45, 2.75) is 20.3 Å². The summed E-state index contributed by atoms with van der Waals surface area (Å²) in [5.41, 5.74) is 3.70. The van der Waals surface area contributed by atoms with Crippen LogP contribution in [0.15, 0.2) is 53.1 Å². The van der Waals surface area contributed by atoms with Crippen molar-refractivity contribution in [3.05, 3.63) is 71.1 Å². The molecule has 1 aromatic heterocycles. The molecule has 0 fully saturated rings. The van der Waals surface area contributed by atoms with Crippen molar-refractivity contribution < 1.29 is 18.9 Å². The van der Waals surface area contributed by atoms with Gasteiger partial charge in [0.05, 0.1) is 23.5 Å². The van der Waals surface area contributed by atoms with Gasteiger partial charge in [0.2, 0.25) is 11.8 Å². The minimum absolute atomic E-state index is 0.0498. The van der Waals surface area contributed by atoms with Crippen molar-refractivity contribution in [2.75, 3.05) is 22.1 Å². The molecule has 0 atom stereocenters. The highest BCUT2D eigenvalue weighted by Gasteiger charge is 2.27. The predicted molar refractivity (Wildman–Crippen MR) is 112 cm³/mol. The Bertz CT molecular complexity index is 1110. The van der Waals surface area contributed by atoms with Crippen LogP contribution in [0.5, 0.6) is 0 Å². The maximum absolute atomic E-state index is 13.0. The van der Waals surface area contributed by atoms with Gasteiger partial charge in [-0.05, 0) is 50.2 Å². The van der Waals surface area contributed by atoms with Crippen molar-refractivity contribution in [1.29, 1.82) is 0 Å². The molecule has 1 aliphatic rings. The Balaban J connectivity index is 1.47. The largest absolute Gasteiger partial charge is 0.361 e. The van der Waals surface area contributed by atoms with Gasteiger partial charge in [0.1, 0.15) is 12.3 Å². The Hall–Kier alpha value is -3.94. The molecule has 30 heavy (non-hydrogen) atoms. The molecule has 8 heteroatoms. The van der Waals surface area contributed by atoms with E-state index in [0.29, 0.717) is 34.1 Å². The van der Waals surface area contributed by atoms with Gasteiger partial charge < -0.3 is 15.2 Å². The molecular weight excluding hydrogens is 384 g/mol. The van der Waals surface area contributed by atoms with Gasteiger partial charge >= 0.3 is 0 Å². The van der Waals surface area contributed by atoms with Crippen LogP contribution in [-0.2, 0) is 16.0 Å². The fourth-order valence-corrected chi connectivity index (χ4v) is 3.39. The standard InChI is InChI=1S/C22H20N4O4/c1-13-17(14(2)30-25-13)11-20(27)23-16-9-7-15(8-10-16)22(29)26-12-21(28)24-18-5-3-4-6-19(18)26/h3-10H,11-12H2,1-2H3,(H,23,27)(H,24,28). The second-order valence-corrected chi connectivity index (χ2v) is 7.06. The lowest BCUT2D eigenvalue weighted by Crippen LogP contribution is -2.42. The first-order chi connectivity index (χ1) is 14.4. The highest BCUT2D eigenvalue weighted by Crippen LogP contribution is 2.30. The minimum Gasteiger partial charge on any atom is -0.361 e. The second kappa shape index (κ2) is 7.82. The third-order valence-electron chi connectivity index (χ3n) is 4.95. The van der Waals surface area contributed by atoms with E-state index in [1.807, 2.05) is 6.07 Å². The molecule has 2 heterocycles. The smallest absolute Gasteiger partial charge is 0.258 e. The molecule has 0 aliphatic carbocycles. The number of amides is 3. The van der Waals surface area contributed by atoms with E-state index in [1.165, 1.54) is 4.90 Å². The zero-order chi connectivity index (χ0) is 21.3. The quantitative estimate of drug-likeness (QED) is 0.695. The maximum Gasteiger partial charge on any atom is 0.258 e. The molecule has 2 N–H and O–H groups in total. The lowest BCUT2D eigenvalue weighted by molar-refractivity contribution is -0.116. The summed E-state index contributed by atoms with van der Waals surface area (Å²) < 4.78 is 5.08. The molecule has 2 aromatic carbocycles. The van der Waals surface area contributed by atoms with Gasteiger partial charge in [-0.15, -0.1) is 0 Å². The highest BCUT2D eigenvalue weighted by atomic mass is 16.5. The Kier molecular flexibility index (Phi) is 5.05. The number of hydrogen-bond acceptors (Lipinski definition) is 5. The third kappa shape index (κ3) is 3.80. The van der Waals surface area contributed by atoms with Crippen molar-refractivity contribution in [3.63, 3.8) is 0 Å². The van der Waals surface area contributed by atoms with Crippen LogP contribution in [0.25, 0.3) is 0 Å². The zero-order valence-corrected chi connectivity index (χ0v) is 16.6. The second-order valence-electron chi connectivity index (χ2n) is 7.06. The molecule has 8 nitrogen and oxygen atoms in total. The van der Waals surface area contributed by atoms with Crippen LogP contribution in [0.1, 0.15) is 27.4 Å². The number of aryl methyl sites for hydroxylation is 2. The first-order valence-electron chi connectivity index (χ1n) is 9.45. The number of anilines is 3. The monoisotopic (exact) mass is 404 g/mol. The van der Waals surface area contributed by atoms with Crippen LogP contribution in [0.4, 0.5) is 17.1 Å². The van der Waals surface area contributed by atoms with Crippen LogP contribution in [0.3, 0.4) is 0 Å². The van der Waals surface area contributed by atoms with E-state index in [-0.39, 0.29) is 30.7 Å². The van der Waals surface area contributed by atoms with E-state index >= 15 is 0 Å². The average molecular weight is 404 g/mol. The fourth-order valence-electron chi connectivity index (χ4n) is 3.39. The average Bonchev–Trinajstić information content (AvgIpc) is 3.05. The first kappa shape index (κ1) is 19.4. The number of carbonyl (C=O) groups is 3. The van der Waals surface area contributed by atoms with Gasteiger partial charge in [0, 0.05) is 16.8 Å². The topological polar surface area (TPSA) is 105 Å². The maximum atomic E-state index is 13.0. The van der Waals surface area contributed by atoms with E-state index in [0.717, 1.165) is 5.56 Å². The van der Waals surface area contributed by atoms with E-state index in [2.05, 4.69) is 15.8 Å². The Morgan fingerprint density at radius 3 is 2.57 bits per heavy atom. The molecular formula is C22H20N4O4. The summed E-state index contributed by atoms with van der Waals surface area (Å²) in [4.78, 5) is 38.7. The van der Waals surface area contributed by atoms with Gasteiger partial charge in [0.25, 0.3) is 5.91 Å². The van der Waals surface area contributed by atoms with E-state index in [4.69, 9.17) is 4.52 Å². The van der Waals surface area contributed by atoms with Crippen molar-refractivity contribution in [2.24, 2.45) is 0 Å². The SMILES string of the molecule is Cc1noc(C)c1CC(=O)Nc1ccc(C(=O)N2CC(=O)Nc3ccccc32)cc1. The van der Waals surface area contributed by atoms with Crippen LogP contribution in [0.2, 0.25) is 0 Å². The summed E-state index contributed by atoms with van der Waals surface area (Å²) in [5.74, 6) is -0.115. The van der Waals surface area contributed by atoms with E-state index in [9.17, 15) is 14.4 Å². The summed E-state index contributed by atoms with van der Waals surface area (Å²) in [6, 6.07) is 13.7. The zero-order valence-electron chi connectivity index (χ0n) is 16.6. The number of hydrogen-bond donors (Lipinski definition) is 2. The summed E-state index contributed by atoms with van der Waals surface area (Å²) in [5, 5.41) is 9.41. The number of rotatable bonds is 4. The van der Waals surface area contributed by atoms with Crippen molar-refractivity contribution in [1.82, 2.24) is 5.16 Å². The molecule has 0 saturated carbocycles. The Morgan fingerprint density at radius 2 is 1.87 bits per heavy atom. The normalized spacial score (nSPS) is 12.9. The number of fused-ring (bicyclic) bond motifs is 1. The Labute approximate surface area is 172 Å².